The van der Waals surface area contributed by atoms with Crippen molar-refractivity contribution in [3.05, 3.63) is 83.5 Å². The fraction of sp³-hybridized carbons (Fsp3) is 0.111. The van der Waals surface area contributed by atoms with Crippen LogP contribution in [0, 0.1) is 0 Å². The van der Waals surface area contributed by atoms with Crippen LogP contribution in [0.3, 0.4) is 0 Å². The number of carbonyl (C=O) groups is 1. The van der Waals surface area contributed by atoms with Crippen molar-refractivity contribution in [2.75, 3.05) is 28.3 Å². The number of nitrogens with one attached hydrogen (secondary N) is 3. The average molecular weight is 544 g/mol. The maximum Gasteiger partial charge on any atom is 0.258 e. The van der Waals surface area contributed by atoms with E-state index in [2.05, 4.69) is 30.9 Å². The second-order valence-corrected chi connectivity index (χ2v) is 10.1. The highest BCUT2D eigenvalue weighted by Crippen LogP contribution is 2.30. The number of rotatable bonds is 2. The third-order valence-corrected chi connectivity index (χ3v) is 7.13. The maximum atomic E-state index is 13.3. The van der Waals surface area contributed by atoms with E-state index in [4.69, 9.17) is 16.3 Å². The molecule has 0 spiro atoms. The first-order chi connectivity index (χ1) is 18.5. The van der Waals surface area contributed by atoms with Gasteiger partial charge in [0.05, 0.1) is 23.8 Å². The lowest BCUT2D eigenvalue weighted by Gasteiger charge is -2.13. The number of imidazole rings is 1. The molecule has 0 unspecified atom stereocenters. The topological polar surface area (TPSA) is 106 Å². The molecule has 0 saturated heterocycles. The molecule has 3 heterocycles. The average Bonchev–Trinajstić information content (AvgIpc) is 3.23. The predicted molar refractivity (Wildman–Crippen MR) is 151 cm³/mol. The van der Waals surface area contributed by atoms with Gasteiger partial charge in [-0.25, -0.2) is 9.97 Å². The number of aromatic nitrogens is 4. The minimum atomic E-state index is -0.320. The summed E-state index contributed by atoms with van der Waals surface area (Å²) in [5.74, 6) is 2.17. The normalized spacial score (nSPS) is 12.9. The summed E-state index contributed by atoms with van der Waals surface area (Å²) in [6, 6.07) is 20.9. The molecule has 38 heavy (non-hydrogen) atoms. The van der Waals surface area contributed by atoms with E-state index in [-0.39, 0.29) is 5.91 Å². The van der Waals surface area contributed by atoms with Gasteiger partial charge in [-0.05, 0) is 42.5 Å². The fourth-order valence-corrected chi connectivity index (χ4v) is 5.01. The Morgan fingerprint density at radius 3 is 2.84 bits per heavy atom. The number of ether oxygens (including phenoxy) is 1. The molecule has 1 aliphatic rings. The second kappa shape index (κ2) is 10.2. The molecule has 3 N–H and O–H groups in total. The first-order valence-corrected chi connectivity index (χ1v) is 13.2. The summed E-state index contributed by atoms with van der Waals surface area (Å²) in [4.78, 5) is 27.8. The minimum Gasteiger partial charge on any atom is -0.493 e. The minimum absolute atomic E-state index is 0.316. The summed E-state index contributed by atoms with van der Waals surface area (Å²) in [5.41, 5.74) is 3.57. The van der Waals surface area contributed by atoms with Crippen molar-refractivity contribution in [3.63, 3.8) is 0 Å². The van der Waals surface area contributed by atoms with Crippen molar-refractivity contribution >= 4 is 69.4 Å². The van der Waals surface area contributed by atoms with Crippen LogP contribution in [0.5, 0.6) is 5.75 Å². The van der Waals surface area contributed by atoms with Gasteiger partial charge < -0.3 is 19.9 Å². The molecule has 0 aliphatic carbocycles. The number of anilines is 5. The van der Waals surface area contributed by atoms with Gasteiger partial charge in [0.1, 0.15) is 10.8 Å². The molecular formula is C27H22ClN7O2S. The van der Waals surface area contributed by atoms with E-state index in [1.54, 1.807) is 30.0 Å². The molecule has 0 atom stereocenters. The third-order valence-electron chi connectivity index (χ3n) is 5.90. The maximum absolute atomic E-state index is 13.3. The van der Waals surface area contributed by atoms with Crippen LogP contribution in [0.15, 0.2) is 77.8 Å². The predicted octanol–water partition coefficient (Wildman–Crippen LogP) is 6.24. The molecular weight excluding hydrogens is 522 g/mol. The number of para-hydroxylation sites is 2. The van der Waals surface area contributed by atoms with E-state index in [0.717, 1.165) is 27.4 Å². The summed E-state index contributed by atoms with van der Waals surface area (Å²) >= 11 is 8.03. The lowest BCUT2D eigenvalue weighted by molar-refractivity contribution is 0.102. The molecule has 1 aliphatic heterocycles. The van der Waals surface area contributed by atoms with Crippen molar-refractivity contribution in [2.24, 2.45) is 7.05 Å². The van der Waals surface area contributed by atoms with Crippen LogP contribution in [-0.4, -0.2) is 37.8 Å². The van der Waals surface area contributed by atoms with E-state index in [9.17, 15) is 4.79 Å². The number of nitrogens with zero attached hydrogens (tertiary/aromatic N) is 4. The lowest BCUT2D eigenvalue weighted by Crippen LogP contribution is -2.15. The molecule has 6 rings (SSSR count). The van der Waals surface area contributed by atoms with Gasteiger partial charge in [0.15, 0.2) is 5.82 Å². The zero-order valence-corrected chi connectivity index (χ0v) is 21.8. The van der Waals surface area contributed by atoms with Crippen LogP contribution in [0.2, 0.25) is 5.02 Å². The van der Waals surface area contributed by atoms with Crippen LogP contribution in [0.1, 0.15) is 10.4 Å². The Labute approximate surface area is 227 Å². The smallest absolute Gasteiger partial charge is 0.258 e. The molecule has 2 aromatic heterocycles. The molecule has 0 fully saturated rings. The molecule has 190 valence electrons. The van der Waals surface area contributed by atoms with Crippen LogP contribution in [0.4, 0.5) is 29.1 Å². The molecule has 1 amide bonds. The van der Waals surface area contributed by atoms with Crippen molar-refractivity contribution in [1.29, 1.82) is 0 Å². The SMILES string of the molecule is Cn1c(NC(=O)c2cc3cc(c2)OCCSc2cccc(c2)Nc2nc(ncc2Cl)N3)nc2ccccc21. The summed E-state index contributed by atoms with van der Waals surface area (Å²) in [7, 11) is 1.86. The number of thioether (sulfide) groups is 1. The van der Waals surface area contributed by atoms with Gasteiger partial charge >= 0.3 is 0 Å². The Morgan fingerprint density at radius 2 is 1.95 bits per heavy atom. The number of aryl methyl sites for hydroxylation is 1. The number of carbonyl (C=O) groups excluding carboxylic acids is 1. The Kier molecular flexibility index (Phi) is 6.48. The standard InChI is InChI=1S/C27H22ClN7O2S/c1-35-23-8-3-2-7-22(23)32-27(35)34-25(36)16-11-18-13-19(12-16)37-9-10-38-20-6-4-5-17(14-20)30-24-21(28)15-29-26(31-18)33-24/h2-8,11-15H,9-10H2,1H3,(H,32,34,36)(H2,29,30,31,33). The molecule has 11 heteroatoms. The quantitative estimate of drug-likeness (QED) is 0.240. The summed E-state index contributed by atoms with van der Waals surface area (Å²) < 4.78 is 7.89. The second-order valence-electron chi connectivity index (χ2n) is 8.55. The van der Waals surface area contributed by atoms with Gasteiger partial charge in [-0.1, -0.05) is 29.8 Å². The molecule has 9 nitrogen and oxygen atoms in total. The fourth-order valence-electron chi connectivity index (χ4n) is 4.08. The first kappa shape index (κ1) is 24.1. The third kappa shape index (κ3) is 5.09. The summed E-state index contributed by atoms with van der Waals surface area (Å²) in [6.07, 6.45) is 1.52. The molecule has 0 saturated carbocycles. The first-order valence-electron chi connectivity index (χ1n) is 11.8. The van der Waals surface area contributed by atoms with Crippen LogP contribution >= 0.6 is 23.4 Å². The van der Waals surface area contributed by atoms with Crippen LogP contribution in [0.25, 0.3) is 11.0 Å². The van der Waals surface area contributed by atoms with Gasteiger partial charge in [0.25, 0.3) is 5.91 Å². The van der Waals surface area contributed by atoms with Gasteiger partial charge in [-0.15, -0.1) is 11.8 Å². The van der Waals surface area contributed by atoms with E-state index in [1.807, 2.05) is 60.1 Å². The number of fused-ring (bicyclic) bond motifs is 7. The number of halogens is 1. The van der Waals surface area contributed by atoms with E-state index in [1.165, 1.54) is 6.20 Å². The lowest BCUT2D eigenvalue weighted by atomic mass is 10.1. The highest BCUT2D eigenvalue weighted by Gasteiger charge is 2.16. The molecule has 3 aromatic carbocycles. The molecule has 0 radical (unpaired) electrons. The number of hydrogen-bond acceptors (Lipinski definition) is 8. The summed E-state index contributed by atoms with van der Waals surface area (Å²) in [5, 5.41) is 9.73. The van der Waals surface area contributed by atoms with Crippen molar-refractivity contribution in [2.45, 2.75) is 4.90 Å². The van der Waals surface area contributed by atoms with Crippen molar-refractivity contribution in [3.8, 4) is 5.75 Å². The highest BCUT2D eigenvalue weighted by atomic mass is 35.5. The van der Waals surface area contributed by atoms with Crippen LogP contribution in [-0.2, 0) is 7.05 Å². The van der Waals surface area contributed by atoms with Crippen molar-refractivity contribution in [1.82, 2.24) is 19.5 Å². The Balaban J connectivity index is 1.33. The number of hydrogen-bond donors (Lipinski definition) is 3. The largest absolute Gasteiger partial charge is 0.493 e. The van der Waals surface area contributed by atoms with Crippen molar-refractivity contribution < 1.29 is 9.53 Å². The number of amides is 1. The highest BCUT2D eigenvalue weighted by molar-refractivity contribution is 7.99. The Morgan fingerprint density at radius 1 is 1.05 bits per heavy atom. The zero-order valence-electron chi connectivity index (χ0n) is 20.2. The van der Waals surface area contributed by atoms with Gasteiger partial charge in [-0.3, -0.25) is 10.1 Å². The van der Waals surface area contributed by atoms with Gasteiger partial charge in [0.2, 0.25) is 11.9 Å². The zero-order chi connectivity index (χ0) is 26.1. The van der Waals surface area contributed by atoms with E-state index < -0.39 is 0 Å². The summed E-state index contributed by atoms with van der Waals surface area (Å²) in [6.45, 7) is 0.452. The monoisotopic (exact) mass is 543 g/mol. The van der Waals surface area contributed by atoms with E-state index >= 15 is 0 Å². The van der Waals surface area contributed by atoms with Crippen LogP contribution < -0.4 is 20.7 Å². The van der Waals surface area contributed by atoms with Gasteiger partial charge in [0, 0.05) is 40.7 Å². The Hall–Kier alpha value is -4.28. The van der Waals surface area contributed by atoms with Gasteiger partial charge in [-0.2, -0.15) is 4.98 Å². The molecule has 5 aromatic rings. The number of benzene rings is 3. The van der Waals surface area contributed by atoms with E-state index in [0.29, 0.717) is 46.3 Å². The Bertz CT molecular complexity index is 1670. The molecule has 6 bridgehead atoms.